The molecule has 2 amide bonds. The number of hydrogen-bond acceptors (Lipinski definition) is 5. The fourth-order valence-corrected chi connectivity index (χ4v) is 4.58. The molecule has 1 saturated heterocycles. The lowest BCUT2D eigenvalue weighted by Crippen LogP contribution is -2.53. The van der Waals surface area contributed by atoms with Crippen LogP contribution in [0.15, 0.2) is 42.5 Å². The fraction of sp³-hybridized carbons (Fsp3) is 0.286. The Morgan fingerprint density at radius 3 is 2.34 bits per heavy atom. The molecule has 2 aromatic rings. The number of rotatable bonds is 7. The van der Waals surface area contributed by atoms with Gasteiger partial charge in [-0.1, -0.05) is 41.4 Å². The van der Waals surface area contributed by atoms with E-state index >= 15 is 0 Å². The average Bonchev–Trinajstić information content (AvgIpc) is 2.75. The van der Waals surface area contributed by atoms with Crippen molar-refractivity contribution in [2.45, 2.75) is 18.5 Å². The number of carboxylic acid groups (broad SMARTS) is 1. The standard InChI is InChI=1S/C21H21Cl2N3O4S.ClH/c22-14-2-1-3-15(23)18(14)20(28)25-13-6-4-12(5-7-13)10-16(21(29)30)26-19(27)17-11-31-9-8-24-17;/h1-7,16-17,24H,8-11H2,(H,25,28)(H,26,27)(H,29,30);1H/t16-,17-;/m0./s1. The molecule has 0 spiro atoms. The molecule has 1 heterocycles. The second kappa shape index (κ2) is 12.3. The predicted molar refractivity (Wildman–Crippen MR) is 130 cm³/mol. The number of benzene rings is 2. The zero-order valence-corrected chi connectivity index (χ0v) is 19.9. The van der Waals surface area contributed by atoms with Crippen LogP contribution in [0.5, 0.6) is 0 Å². The molecule has 2 aromatic carbocycles. The molecule has 3 rings (SSSR count). The Morgan fingerprint density at radius 2 is 1.78 bits per heavy atom. The van der Waals surface area contributed by atoms with E-state index < -0.39 is 24.0 Å². The van der Waals surface area contributed by atoms with Gasteiger partial charge in [0, 0.05) is 30.2 Å². The largest absolute Gasteiger partial charge is 0.480 e. The molecule has 1 aliphatic heterocycles. The van der Waals surface area contributed by atoms with E-state index in [-0.39, 0.29) is 40.3 Å². The number of thioether (sulfide) groups is 1. The molecule has 0 aliphatic carbocycles. The Labute approximate surface area is 206 Å². The van der Waals surface area contributed by atoms with Gasteiger partial charge in [0.2, 0.25) is 5.91 Å². The minimum Gasteiger partial charge on any atom is -0.480 e. The van der Waals surface area contributed by atoms with Gasteiger partial charge in [-0.3, -0.25) is 9.59 Å². The van der Waals surface area contributed by atoms with Gasteiger partial charge >= 0.3 is 5.97 Å². The highest BCUT2D eigenvalue weighted by molar-refractivity contribution is 7.99. The second-order valence-corrected chi connectivity index (χ2v) is 8.90. The zero-order chi connectivity index (χ0) is 22.4. The number of carboxylic acids is 1. The predicted octanol–water partition coefficient (Wildman–Crippen LogP) is 3.48. The molecule has 2 atom stereocenters. The lowest BCUT2D eigenvalue weighted by atomic mass is 10.0. The molecule has 0 aromatic heterocycles. The van der Waals surface area contributed by atoms with Gasteiger partial charge < -0.3 is 21.1 Å². The van der Waals surface area contributed by atoms with E-state index in [4.69, 9.17) is 23.2 Å². The van der Waals surface area contributed by atoms with Crippen LogP contribution in [-0.4, -0.2) is 53.0 Å². The SMILES string of the molecule is Cl.O=C(Nc1ccc(C[C@H](NC(=O)[C@@H]2CSCCN2)C(=O)O)cc1)c1c(Cl)cccc1Cl. The van der Waals surface area contributed by atoms with Crippen molar-refractivity contribution in [3.8, 4) is 0 Å². The number of carbonyl (C=O) groups excluding carboxylic acids is 2. The summed E-state index contributed by atoms with van der Waals surface area (Å²) in [5.74, 6) is -0.334. The molecule has 7 nitrogen and oxygen atoms in total. The summed E-state index contributed by atoms with van der Waals surface area (Å²) in [6, 6.07) is 10.0. The summed E-state index contributed by atoms with van der Waals surface area (Å²) >= 11 is 13.8. The van der Waals surface area contributed by atoms with Crippen LogP contribution < -0.4 is 16.0 Å². The topological polar surface area (TPSA) is 108 Å². The quantitative estimate of drug-likeness (QED) is 0.447. The highest BCUT2D eigenvalue weighted by Gasteiger charge is 2.26. The van der Waals surface area contributed by atoms with E-state index in [0.29, 0.717) is 23.5 Å². The highest BCUT2D eigenvalue weighted by atomic mass is 35.5. The van der Waals surface area contributed by atoms with Gasteiger partial charge in [-0.15, -0.1) is 12.4 Å². The van der Waals surface area contributed by atoms with Crippen molar-refractivity contribution in [2.75, 3.05) is 23.4 Å². The van der Waals surface area contributed by atoms with Crippen LogP contribution in [0.3, 0.4) is 0 Å². The Morgan fingerprint density at radius 1 is 1.12 bits per heavy atom. The third kappa shape index (κ3) is 7.02. The van der Waals surface area contributed by atoms with Gasteiger partial charge in [-0.05, 0) is 29.8 Å². The minimum atomic E-state index is -1.11. The number of anilines is 1. The maximum atomic E-state index is 12.5. The Kier molecular flexibility index (Phi) is 10.1. The second-order valence-electron chi connectivity index (χ2n) is 6.93. The molecule has 172 valence electrons. The summed E-state index contributed by atoms with van der Waals surface area (Å²) in [6.07, 6.45) is 0.117. The van der Waals surface area contributed by atoms with E-state index in [1.807, 2.05) is 0 Å². The molecular formula is C21H22Cl3N3O4S. The van der Waals surface area contributed by atoms with Crippen LogP contribution >= 0.6 is 47.4 Å². The summed E-state index contributed by atoms with van der Waals surface area (Å²) in [6.45, 7) is 0.715. The third-order valence-electron chi connectivity index (χ3n) is 4.69. The first-order valence-electron chi connectivity index (χ1n) is 9.53. The van der Waals surface area contributed by atoms with Gasteiger partial charge in [0.05, 0.1) is 21.7 Å². The van der Waals surface area contributed by atoms with Crippen molar-refractivity contribution >= 4 is 70.8 Å². The summed E-state index contributed by atoms with van der Waals surface area (Å²) in [5, 5.41) is 18.4. The summed E-state index contributed by atoms with van der Waals surface area (Å²) in [5.41, 5.74) is 1.38. The maximum Gasteiger partial charge on any atom is 0.326 e. The molecule has 1 fully saturated rings. The number of amides is 2. The van der Waals surface area contributed by atoms with E-state index in [1.54, 1.807) is 54.2 Å². The molecule has 32 heavy (non-hydrogen) atoms. The van der Waals surface area contributed by atoms with E-state index in [0.717, 1.165) is 5.75 Å². The van der Waals surface area contributed by atoms with Crippen LogP contribution in [0.1, 0.15) is 15.9 Å². The number of aliphatic carboxylic acids is 1. The lowest BCUT2D eigenvalue weighted by molar-refractivity contribution is -0.142. The van der Waals surface area contributed by atoms with Crippen molar-refractivity contribution in [3.05, 3.63) is 63.6 Å². The highest BCUT2D eigenvalue weighted by Crippen LogP contribution is 2.25. The van der Waals surface area contributed by atoms with E-state index in [9.17, 15) is 19.5 Å². The Hall–Kier alpha value is -1.97. The molecule has 0 unspecified atom stereocenters. The summed E-state index contributed by atoms with van der Waals surface area (Å²) in [4.78, 5) is 36.4. The molecule has 0 saturated carbocycles. The zero-order valence-electron chi connectivity index (χ0n) is 16.8. The summed E-state index contributed by atoms with van der Waals surface area (Å²) < 4.78 is 0. The molecule has 0 radical (unpaired) electrons. The van der Waals surface area contributed by atoms with E-state index in [1.165, 1.54) is 0 Å². The molecular weight excluding hydrogens is 497 g/mol. The molecule has 4 N–H and O–H groups in total. The van der Waals surface area contributed by atoms with Crippen molar-refractivity contribution in [1.29, 1.82) is 0 Å². The Bertz CT molecular complexity index is 949. The number of carbonyl (C=O) groups is 3. The Balaban J connectivity index is 0.00000363. The van der Waals surface area contributed by atoms with Gasteiger partial charge in [0.25, 0.3) is 5.91 Å². The van der Waals surface area contributed by atoms with Crippen molar-refractivity contribution in [2.24, 2.45) is 0 Å². The van der Waals surface area contributed by atoms with Crippen LogP contribution in [0, 0.1) is 0 Å². The monoisotopic (exact) mass is 517 g/mol. The van der Waals surface area contributed by atoms with Gasteiger partial charge in [0.15, 0.2) is 0 Å². The van der Waals surface area contributed by atoms with Crippen LogP contribution in [-0.2, 0) is 16.0 Å². The first-order chi connectivity index (χ1) is 14.8. The first-order valence-corrected chi connectivity index (χ1v) is 11.4. The van der Waals surface area contributed by atoms with Crippen molar-refractivity contribution in [1.82, 2.24) is 10.6 Å². The smallest absolute Gasteiger partial charge is 0.326 e. The van der Waals surface area contributed by atoms with Crippen molar-refractivity contribution < 1.29 is 19.5 Å². The normalized spacial score (nSPS) is 16.4. The first kappa shape index (κ1) is 26.3. The average molecular weight is 519 g/mol. The fourth-order valence-electron chi connectivity index (χ4n) is 3.07. The van der Waals surface area contributed by atoms with Gasteiger partial charge in [-0.25, -0.2) is 4.79 Å². The molecule has 0 bridgehead atoms. The van der Waals surface area contributed by atoms with Crippen LogP contribution in [0.4, 0.5) is 5.69 Å². The lowest BCUT2D eigenvalue weighted by Gasteiger charge is -2.24. The van der Waals surface area contributed by atoms with Crippen molar-refractivity contribution in [3.63, 3.8) is 0 Å². The van der Waals surface area contributed by atoms with E-state index in [2.05, 4.69) is 16.0 Å². The van der Waals surface area contributed by atoms with Gasteiger partial charge in [-0.2, -0.15) is 11.8 Å². The number of halogens is 3. The number of nitrogens with one attached hydrogen (secondary N) is 3. The van der Waals surface area contributed by atoms with Gasteiger partial charge in [0.1, 0.15) is 6.04 Å². The maximum absolute atomic E-state index is 12.5. The number of hydrogen-bond donors (Lipinski definition) is 4. The molecule has 1 aliphatic rings. The third-order valence-corrected chi connectivity index (χ3v) is 6.39. The van der Waals surface area contributed by atoms with Crippen LogP contribution in [0.2, 0.25) is 10.0 Å². The molecule has 11 heteroatoms. The van der Waals surface area contributed by atoms with Crippen LogP contribution in [0.25, 0.3) is 0 Å². The summed E-state index contributed by atoms with van der Waals surface area (Å²) in [7, 11) is 0. The minimum absolute atomic E-state index is 0.